The number of benzene rings is 2. The maximum Gasteiger partial charge on any atom is 0.387 e. The Labute approximate surface area is 167 Å². The molecular formula is C18H19ClF2N2O4S. The summed E-state index contributed by atoms with van der Waals surface area (Å²) in [6, 6.07) is 9.48. The Kier molecular flexibility index (Phi) is 7.34. The first-order valence-electron chi connectivity index (χ1n) is 8.35. The fourth-order valence-electron chi connectivity index (χ4n) is 2.53. The van der Waals surface area contributed by atoms with Gasteiger partial charge in [-0.1, -0.05) is 37.6 Å². The first kappa shape index (κ1) is 22.1. The first-order chi connectivity index (χ1) is 13.2. The summed E-state index contributed by atoms with van der Waals surface area (Å²) in [6.45, 7) is 0.810. The molecule has 0 heterocycles. The van der Waals surface area contributed by atoms with Gasteiger partial charge >= 0.3 is 6.61 Å². The number of anilines is 1. The fraction of sp³-hybridized carbons (Fsp3) is 0.278. The van der Waals surface area contributed by atoms with E-state index < -0.39 is 22.5 Å². The van der Waals surface area contributed by atoms with Gasteiger partial charge in [0.2, 0.25) is 10.0 Å². The molecule has 2 aromatic rings. The molecule has 1 amide bonds. The Morgan fingerprint density at radius 2 is 1.82 bits per heavy atom. The Morgan fingerprint density at radius 3 is 2.43 bits per heavy atom. The second kappa shape index (κ2) is 9.31. The molecule has 0 saturated heterocycles. The summed E-state index contributed by atoms with van der Waals surface area (Å²) >= 11 is 6.05. The van der Waals surface area contributed by atoms with Gasteiger partial charge in [-0.15, -0.1) is 0 Å². The summed E-state index contributed by atoms with van der Waals surface area (Å²) in [4.78, 5) is 12.3. The predicted molar refractivity (Wildman–Crippen MR) is 103 cm³/mol. The molecule has 0 spiro atoms. The standard InChI is InChI=1S/C18H19ClF2N2O4S/c1-3-23(4-2)28(25,26)16-11-12(9-10-14(16)19)22-17(24)13-7-5-6-8-15(13)27-18(20)21/h5-11,18H,3-4H2,1-2H3,(H,22,24). The van der Waals surface area contributed by atoms with Gasteiger partial charge in [0.25, 0.3) is 5.91 Å². The Bertz CT molecular complexity index is 950. The lowest BCUT2D eigenvalue weighted by molar-refractivity contribution is -0.0501. The summed E-state index contributed by atoms with van der Waals surface area (Å²) in [7, 11) is -3.85. The Balaban J connectivity index is 2.35. The largest absolute Gasteiger partial charge is 0.434 e. The number of ether oxygens (including phenoxy) is 1. The molecule has 0 aliphatic rings. The van der Waals surface area contributed by atoms with Crippen molar-refractivity contribution < 1.29 is 26.7 Å². The van der Waals surface area contributed by atoms with Crippen LogP contribution in [0, 0.1) is 0 Å². The van der Waals surface area contributed by atoms with Crippen molar-refractivity contribution in [1.29, 1.82) is 0 Å². The van der Waals surface area contributed by atoms with Crippen LogP contribution in [0.15, 0.2) is 47.4 Å². The number of nitrogens with one attached hydrogen (secondary N) is 1. The summed E-state index contributed by atoms with van der Waals surface area (Å²) in [5.74, 6) is -1.02. The highest BCUT2D eigenvalue weighted by atomic mass is 35.5. The molecule has 2 rings (SSSR count). The van der Waals surface area contributed by atoms with Gasteiger partial charge in [-0.3, -0.25) is 4.79 Å². The average Bonchev–Trinajstić information content (AvgIpc) is 2.63. The molecule has 0 saturated carbocycles. The zero-order valence-corrected chi connectivity index (χ0v) is 16.7. The van der Waals surface area contributed by atoms with E-state index in [-0.39, 0.29) is 40.0 Å². The number of hydrogen-bond acceptors (Lipinski definition) is 4. The molecule has 0 aliphatic carbocycles. The molecule has 6 nitrogen and oxygen atoms in total. The number of amides is 1. The number of carbonyl (C=O) groups excluding carboxylic acids is 1. The number of nitrogens with zero attached hydrogens (tertiary/aromatic N) is 1. The number of sulfonamides is 1. The lowest BCUT2D eigenvalue weighted by Gasteiger charge is -2.20. The lowest BCUT2D eigenvalue weighted by Crippen LogP contribution is -2.30. The molecule has 10 heteroatoms. The predicted octanol–water partition coefficient (Wildman–Crippen LogP) is 4.22. The second-order valence-electron chi connectivity index (χ2n) is 5.56. The highest BCUT2D eigenvalue weighted by Gasteiger charge is 2.25. The fourth-order valence-corrected chi connectivity index (χ4v) is 4.49. The van der Waals surface area contributed by atoms with E-state index in [1.807, 2.05) is 0 Å². The van der Waals surface area contributed by atoms with E-state index in [2.05, 4.69) is 10.1 Å². The summed E-state index contributed by atoms with van der Waals surface area (Å²) in [5, 5.41) is 2.49. The minimum Gasteiger partial charge on any atom is -0.434 e. The molecule has 1 N–H and O–H groups in total. The van der Waals surface area contributed by atoms with Crippen LogP contribution in [-0.4, -0.2) is 38.3 Å². The third-order valence-corrected chi connectivity index (χ3v) is 6.39. The average molecular weight is 433 g/mol. The van der Waals surface area contributed by atoms with Crippen molar-refractivity contribution in [1.82, 2.24) is 4.31 Å². The van der Waals surface area contributed by atoms with Crippen molar-refractivity contribution in [3.8, 4) is 5.75 Å². The van der Waals surface area contributed by atoms with Crippen molar-refractivity contribution in [2.75, 3.05) is 18.4 Å². The maximum atomic E-state index is 12.7. The van der Waals surface area contributed by atoms with Gasteiger partial charge in [0.1, 0.15) is 10.6 Å². The van der Waals surface area contributed by atoms with Crippen LogP contribution in [0.5, 0.6) is 5.75 Å². The highest BCUT2D eigenvalue weighted by molar-refractivity contribution is 7.89. The van der Waals surface area contributed by atoms with Crippen molar-refractivity contribution in [2.24, 2.45) is 0 Å². The number of alkyl halides is 2. The zero-order valence-electron chi connectivity index (χ0n) is 15.2. The quantitative estimate of drug-likeness (QED) is 0.677. The van der Waals surface area contributed by atoms with Crippen LogP contribution < -0.4 is 10.1 Å². The molecule has 152 valence electrons. The first-order valence-corrected chi connectivity index (χ1v) is 10.2. The van der Waals surface area contributed by atoms with Gasteiger partial charge in [0, 0.05) is 18.8 Å². The number of rotatable bonds is 8. The topological polar surface area (TPSA) is 75.7 Å². The third kappa shape index (κ3) is 4.98. The molecule has 0 radical (unpaired) electrons. The van der Waals surface area contributed by atoms with Crippen molar-refractivity contribution in [3.05, 3.63) is 53.1 Å². The van der Waals surface area contributed by atoms with Crippen LogP contribution in [0.25, 0.3) is 0 Å². The van der Waals surface area contributed by atoms with Crippen LogP contribution in [0.1, 0.15) is 24.2 Å². The summed E-state index contributed by atoms with van der Waals surface area (Å²) < 4.78 is 56.1. The van der Waals surface area contributed by atoms with Crippen LogP contribution in [-0.2, 0) is 10.0 Å². The van der Waals surface area contributed by atoms with Crippen LogP contribution in [0.3, 0.4) is 0 Å². The van der Waals surface area contributed by atoms with Crippen LogP contribution in [0.2, 0.25) is 5.02 Å². The molecule has 0 bridgehead atoms. The SMILES string of the molecule is CCN(CC)S(=O)(=O)c1cc(NC(=O)c2ccccc2OC(F)F)ccc1Cl. The number of para-hydroxylation sites is 1. The van der Waals surface area contributed by atoms with Gasteiger partial charge in [0.15, 0.2) is 0 Å². The van der Waals surface area contributed by atoms with Crippen LogP contribution >= 0.6 is 11.6 Å². The lowest BCUT2D eigenvalue weighted by atomic mass is 10.2. The van der Waals surface area contributed by atoms with E-state index in [4.69, 9.17) is 11.6 Å². The Hall–Kier alpha value is -2.23. The van der Waals surface area contributed by atoms with E-state index in [0.717, 1.165) is 0 Å². The molecule has 0 aromatic heterocycles. The maximum absolute atomic E-state index is 12.7. The minimum absolute atomic E-state index is 0.00586. The van der Waals surface area contributed by atoms with Gasteiger partial charge in [-0.25, -0.2) is 8.42 Å². The van der Waals surface area contributed by atoms with Gasteiger partial charge in [-0.05, 0) is 30.3 Å². The highest BCUT2D eigenvalue weighted by Crippen LogP contribution is 2.29. The Morgan fingerprint density at radius 1 is 1.18 bits per heavy atom. The summed E-state index contributed by atoms with van der Waals surface area (Å²) in [5.41, 5.74) is 0.0258. The minimum atomic E-state index is -3.85. The van der Waals surface area contributed by atoms with E-state index >= 15 is 0 Å². The van der Waals surface area contributed by atoms with Crippen molar-refractivity contribution >= 4 is 33.2 Å². The number of hydrogen-bond donors (Lipinski definition) is 1. The number of carbonyl (C=O) groups is 1. The smallest absolute Gasteiger partial charge is 0.387 e. The molecule has 0 unspecified atom stereocenters. The normalized spacial score (nSPS) is 11.7. The van der Waals surface area contributed by atoms with E-state index in [9.17, 15) is 22.0 Å². The third-order valence-electron chi connectivity index (χ3n) is 3.86. The van der Waals surface area contributed by atoms with E-state index in [0.29, 0.717) is 0 Å². The van der Waals surface area contributed by atoms with Gasteiger partial charge in [-0.2, -0.15) is 13.1 Å². The van der Waals surface area contributed by atoms with Crippen molar-refractivity contribution in [3.63, 3.8) is 0 Å². The molecule has 28 heavy (non-hydrogen) atoms. The molecule has 0 fully saturated rings. The molecule has 2 aromatic carbocycles. The second-order valence-corrected chi connectivity index (χ2v) is 7.88. The van der Waals surface area contributed by atoms with Gasteiger partial charge in [0.05, 0.1) is 10.6 Å². The summed E-state index contributed by atoms with van der Waals surface area (Å²) in [6.07, 6.45) is 0. The van der Waals surface area contributed by atoms with E-state index in [1.165, 1.54) is 46.8 Å². The van der Waals surface area contributed by atoms with Crippen molar-refractivity contribution in [2.45, 2.75) is 25.4 Å². The zero-order chi connectivity index (χ0) is 20.9. The number of halogens is 3. The van der Waals surface area contributed by atoms with Gasteiger partial charge < -0.3 is 10.1 Å². The molecule has 0 atom stereocenters. The molecular weight excluding hydrogens is 414 g/mol. The van der Waals surface area contributed by atoms with E-state index in [1.54, 1.807) is 13.8 Å². The molecule has 0 aliphatic heterocycles. The monoisotopic (exact) mass is 432 g/mol. The van der Waals surface area contributed by atoms with Crippen LogP contribution in [0.4, 0.5) is 14.5 Å².